The Morgan fingerprint density at radius 2 is 2.27 bits per heavy atom. The van der Waals surface area contributed by atoms with E-state index in [4.69, 9.17) is 10.8 Å². The molecular weight excluding hydrogens is 192 g/mol. The molecule has 0 aromatic heterocycles. The van der Waals surface area contributed by atoms with E-state index in [2.05, 4.69) is 5.32 Å². The Balaban J connectivity index is 2.22. The lowest BCUT2D eigenvalue weighted by atomic mass is 10.0. The van der Waals surface area contributed by atoms with Gasteiger partial charge in [-0.05, 0) is 37.6 Å². The van der Waals surface area contributed by atoms with Crippen molar-refractivity contribution in [2.24, 2.45) is 17.1 Å². The molecule has 0 aromatic carbocycles. The molecule has 88 valence electrons. The van der Waals surface area contributed by atoms with Crippen LogP contribution in [0, 0.1) is 11.3 Å². The molecule has 4 nitrogen and oxygen atoms in total. The zero-order valence-electron chi connectivity index (χ0n) is 9.46. The zero-order chi connectivity index (χ0) is 11.3. The summed E-state index contributed by atoms with van der Waals surface area (Å²) in [5.74, 6) is 0.0876. The van der Waals surface area contributed by atoms with Crippen LogP contribution in [0.2, 0.25) is 0 Å². The maximum atomic E-state index is 11.6. The number of hydrogen-bond donors (Lipinski definition) is 3. The Labute approximate surface area is 91.2 Å². The Morgan fingerprint density at radius 1 is 1.60 bits per heavy atom. The second kappa shape index (κ2) is 5.47. The SMILES string of the molecule is CC(CCN)C(=O)NCC1(CCO)CC1. The van der Waals surface area contributed by atoms with Gasteiger partial charge in [-0.3, -0.25) is 4.79 Å². The molecule has 4 heteroatoms. The van der Waals surface area contributed by atoms with E-state index in [-0.39, 0.29) is 23.8 Å². The van der Waals surface area contributed by atoms with Crippen LogP contribution in [-0.2, 0) is 4.79 Å². The molecule has 1 atom stereocenters. The van der Waals surface area contributed by atoms with Crippen molar-refractivity contribution in [2.45, 2.75) is 32.6 Å². The molecule has 1 unspecified atom stereocenters. The molecule has 1 rings (SSSR count). The lowest BCUT2D eigenvalue weighted by molar-refractivity contribution is -0.124. The van der Waals surface area contributed by atoms with Crippen molar-refractivity contribution in [3.05, 3.63) is 0 Å². The monoisotopic (exact) mass is 214 g/mol. The average Bonchev–Trinajstić information content (AvgIpc) is 2.96. The molecule has 1 amide bonds. The largest absolute Gasteiger partial charge is 0.396 e. The molecule has 1 aliphatic carbocycles. The Kier molecular flexibility index (Phi) is 4.54. The summed E-state index contributed by atoms with van der Waals surface area (Å²) in [6.45, 7) is 3.37. The lowest BCUT2D eigenvalue weighted by Gasteiger charge is -2.16. The van der Waals surface area contributed by atoms with Crippen LogP contribution in [0.5, 0.6) is 0 Å². The number of rotatable bonds is 7. The fourth-order valence-electron chi connectivity index (χ4n) is 1.76. The summed E-state index contributed by atoms with van der Waals surface area (Å²) < 4.78 is 0. The van der Waals surface area contributed by atoms with Crippen molar-refractivity contribution < 1.29 is 9.90 Å². The van der Waals surface area contributed by atoms with Crippen LogP contribution in [0.25, 0.3) is 0 Å². The molecule has 1 saturated carbocycles. The van der Waals surface area contributed by atoms with Crippen LogP contribution < -0.4 is 11.1 Å². The second-order valence-corrected chi connectivity index (χ2v) is 4.67. The molecule has 4 N–H and O–H groups in total. The van der Waals surface area contributed by atoms with E-state index < -0.39 is 0 Å². The summed E-state index contributed by atoms with van der Waals surface area (Å²) in [5, 5.41) is 11.8. The third kappa shape index (κ3) is 3.80. The fraction of sp³-hybridized carbons (Fsp3) is 0.909. The van der Waals surface area contributed by atoms with E-state index in [9.17, 15) is 4.79 Å². The quantitative estimate of drug-likeness (QED) is 0.568. The van der Waals surface area contributed by atoms with Crippen molar-refractivity contribution in [3.63, 3.8) is 0 Å². The minimum Gasteiger partial charge on any atom is -0.396 e. The minimum absolute atomic E-state index is 0.0000680. The molecule has 0 heterocycles. The van der Waals surface area contributed by atoms with Gasteiger partial charge in [-0.2, -0.15) is 0 Å². The zero-order valence-corrected chi connectivity index (χ0v) is 9.46. The normalized spacial score (nSPS) is 19.7. The number of nitrogens with two attached hydrogens (primary N) is 1. The predicted molar refractivity (Wildman–Crippen MR) is 59.2 cm³/mol. The smallest absolute Gasteiger partial charge is 0.222 e. The Morgan fingerprint density at radius 3 is 2.73 bits per heavy atom. The number of aliphatic hydroxyl groups is 1. The van der Waals surface area contributed by atoms with E-state index >= 15 is 0 Å². The lowest BCUT2D eigenvalue weighted by Crippen LogP contribution is -2.35. The Bertz CT molecular complexity index is 215. The minimum atomic E-state index is -0.0000680. The van der Waals surface area contributed by atoms with Crippen LogP contribution in [-0.4, -0.2) is 30.7 Å². The van der Waals surface area contributed by atoms with E-state index in [1.807, 2.05) is 6.92 Å². The van der Waals surface area contributed by atoms with E-state index in [0.717, 1.165) is 25.7 Å². The first-order chi connectivity index (χ1) is 7.13. The molecule has 1 aliphatic rings. The maximum absolute atomic E-state index is 11.6. The van der Waals surface area contributed by atoms with Crippen LogP contribution >= 0.6 is 0 Å². The molecule has 0 radical (unpaired) electrons. The molecule has 15 heavy (non-hydrogen) atoms. The molecule has 0 spiro atoms. The fourth-order valence-corrected chi connectivity index (χ4v) is 1.76. The average molecular weight is 214 g/mol. The van der Waals surface area contributed by atoms with Crippen LogP contribution in [0.4, 0.5) is 0 Å². The van der Waals surface area contributed by atoms with E-state index in [1.165, 1.54) is 0 Å². The van der Waals surface area contributed by atoms with Crippen molar-refractivity contribution >= 4 is 5.91 Å². The third-order valence-corrected chi connectivity index (χ3v) is 3.28. The molecule has 1 fully saturated rings. The maximum Gasteiger partial charge on any atom is 0.222 e. The number of nitrogens with one attached hydrogen (secondary N) is 1. The van der Waals surface area contributed by atoms with Gasteiger partial charge in [-0.25, -0.2) is 0 Å². The van der Waals surface area contributed by atoms with Gasteiger partial charge in [0.15, 0.2) is 0 Å². The van der Waals surface area contributed by atoms with Crippen molar-refractivity contribution in [2.75, 3.05) is 19.7 Å². The van der Waals surface area contributed by atoms with E-state index in [0.29, 0.717) is 13.1 Å². The number of carbonyl (C=O) groups excluding carboxylic acids is 1. The standard InChI is InChI=1S/C11H22N2O2/c1-9(2-6-12)10(15)13-8-11(3-4-11)5-7-14/h9,14H,2-8,12H2,1H3,(H,13,15). The van der Waals surface area contributed by atoms with Gasteiger partial charge in [0.05, 0.1) is 0 Å². The number of hydrogen-bond acceptors (Lipinski definition) is 3. The van der Waals surface area contributed by atoms with Crippen molar-refractivity contribution in [3.8, 4) is 0 Å². The number of carbonyl (C=O) groups is 1. The van der Waals surface area contributed by atoms with Gasteiger partial charge in [0, 0.05) is 19.1 Å². The van der Waals surface area contributed by atoms with Gasteiger partial charge in [0.2, 0.25) is 5.91 Å². The summed E-state index contributed by atoms with van der Waals surface area (Å²) in [7, 11) is 0. The number of aliphatic hydroxyl groups excluding tert-OH is 1. The highest BCUT2D eigenvalue weighted by atomic mass is 16.3. The third-order valence-electron chi connectivity index (χ3n) is 3.28. The summed E-state index contributed by atoms with van der Waals surface area (Å²) in [5.41, 5.74) is 5.60. The summed E-state index contributed by atoms with van der Waals surface area (Å²) in [4.78, 5) is 11.6. The van der Waals surface area contributed by atoms with Gasteiger partial charge < -0.3 is 16.2 Å². The highest BCUT2D eigenvalue weighted by Crippen LogP contribution is 2.47. The molecule has 0 bridgehead atoms. The molecular formula is C11H22N2O2. The number of amides is 1. The van der Waals surface area contributed by atoms with E-state index in [1.54, 1.807) is 0 Å². The highest BCUT2D eigenvalue weighted by molar-refractivity contribution is 5.78. The van der Waals surface area contributed by atoms with Gasteiger partial charge in [-0.15, -0.1) is 0 Å². The van der Waals surface area contributed by atoms with Gasteiger partial charge in [-0.1, -0.05) is 6.92 Å². The van der Waals surface area contributed by atoms with Crippen LogP contribution in [0.15, 0.2) is 0 Å². The van der Waals surface area contributed by atoms with Gasteiger partial charge >= 0.3 is 0 Å². The van der Waals surface area contributed by atoms with Gasteiger partial charge in [0.1, 0.15) is 0 Å². The first kappa shape index (κ1) is 12.5. The summed E-state index contributed by atoms with van der Waals surface area (Å²) >= 11 is 0. The van der Waals surface area contributed by atoms with Crippen LogP contribution in [0.1, 0.15) is 32.6 Å². The molecule has 0 aliphatic heterocycles. The van der Waals surface area contributed by atoms with Gasteiger partial charge in [0.25, 0.3) is 0 Å². The summed E-state index contributed by atoms with van der Waals surface area (Å²) in [6.07, 6.45) is 3.79. The highest BCUT2D eigenvalue weighted by Gasteiger charge is 2.41. The Hall–Kier alpha value is -0.610. The van der Waals surface area contributed by atoms with Crippen molar-refractivity contribution in [1.82, 2.24) is 5.32 Å². The predicted octanol–water partition coefficient (Wildman–Crippen LogP) is 0.250. The molecule has 0 aromatic rings. The first-order valence-electron chi connectivity index (χ1n) is 5.72. The van der Waals surface area contributed by atoms with Crippen molar-refractivity contribution in [1.29, 1.82) is 0 Å². The van der Waals surface area contributed by atoms with Crippen LogP contribution in [0.3, 0.4) is 0 Å². The second-order valence-electron chi connectivity index (χ2n) is 4.67. The first-order valence-corrected chi connectivity index (χ1v) is 5.72. The topological polar surface area (TPSA) is 75.4 Å². The molecule has 0 saturated heterocycles. The summed E-state index contributed by atoms with van der Waals surface area (Å²) in [6, 6.07) is 0.